The molecule has 0 aliphatic heterocycles. The molecule has 0 fully saturated rings. The van der Waals surface area contributed by atoms with Crippen molar-refractivity contribution >= 4 is 5.69 Å². The molecule has 0 spiro atoms. The number of hydrogen-bond donors (Lipinski definition) is 1. The van der Waals surface area contributed by atoms with E-state index in [-0.39, 0.29) is 6.04 Å². The van der Waals surface area contributed by atoms with Gasteiger partial charge in [-0.05, 0) is 38.5 Å². The Balaban J connectivity index is 2.89. The molecule has 1 aromatic rings. The van der Waals surface area contributed by atoms with Crippen LogP contribution in [0.4, 0.5) is 5.69 Å². The Morgan fingerprint density at radius 2 is 1.81 bits per heavy atom. The lowest BCUT2D eigenvalue weighted by molar-refractivity contribution is 0.722. The lowest BCUT2D eigenvalue weighted by atomic mass is 10.1. The molecule has 0 bridgehead atoms. The van der Waals surface area contributed by atoms with Crippen LogP contribution in [0.5, 0.6) is 0 Å². The van der Waals surface area contributed by atoms with Gasteiger partial charge in [0.15, 0.2) is 0 Å². The number of anilines is 1. The average molecular weight is 218 g/mol. The summed E-state index contributed by atoms with van der Waals surface area (Å²) >= 11 is 0. The summed E-state index contributed by atoms with van der Waals surface area (Å²) in [5.41, 5.74) is 8.22. The maximum Gasteiger partial charge on any atom is 0.0371 e. The number of nitrogens with zero attached hydrogens (tertiary/aromatic N) is 1. The summed E-state index contributed by atoms with van der Waals surface area (Å²) < 4.78 is 0. The largest absolute Gasteiger partial charge is 0.365 e. The lowest BCUT2D eigenvalue weighted by Gasteiger charge is -2.28. The highest BCUT2D eigenvalue weighted by Gasteiger charge is 2.08. The zero-order valence-electron chi connectivity index (χ0n) is 10.5. The minimum atomic E-state index is 0.0981. The van der Waals surface area contributed by atoms with Crippen LogP contribution in [0, 0.1) is 0 Å². The molecule has 1 aromatic carbocycles. The van der Waals surface area contributed by atoms with Gasteiger partial charge < -0.3 is 10.6 Å². The first-order chi connectivity index (χ1) is 7.56. The molecule has 0 aromatic heterocycles. The van der Waals surface area contributed by atoms with Gasteiger partial charge in [-0.2, -0.15) is 0 Å². The molecule has 2 heteroatoms. The van der Waals surface area contributed by atoms with Gasteiger partial charge in [-0.1, -0.05) is 18.2 Å². The van der Waals surface area contributed by atoms with Gasteiger partial charge in [0.2, 0.25) is 0 Å². The summed E-state index contributed by atoms with van der Waals surface area (Å²) in [5, 5.41) is 0. The first-order valence-electron chi connectivity index (χ1n) is 5.79. The Morgan fingerprint density at radius 1 is 1.25 bits per heavy atom. The molecule has 1 unspecified atom stereocenters. The molecule has 0 radical (unpaired) electrons. The van der Waals surface area contributed by atoms with Crippen LogP contribution in [-0.4, -0.2) is 12.6 Å². The zero-order valence-corrected chi connectivity index (χ0v) is 10.5. The van der Waals surface area contributed by atoms with Gasteiger partial charge in [0.1, 0.15) is 0 Å². The summed E-state index contributed by atoms with van der Waals surface area (Å²) in [6.07, 6.45) is 1.93. The van der Waals surface area contributed by atoms with E-state index in [1.165, 1.54) is 11.3 Å². The average Bonchev–Trinajstić information content (AvgIpc) is 2.25. The van der Waals surface area contributed by atoms with Crippen molar-refractivity contribution < 1.29 is 0 Å². The highest BCUT2D eigenvalue weighted by Crippen LogP contribution is 2.19. The van der Waals surface area contributed by atoms with Crippen molar-refractivity contribution in [1.29, 1.82) is 0 Å². The van der Waals surface area contributed by atoms with Crippen LogP contribution >= 0.6 is 0 Å². The fourth-order valence-electron chi connectivity index (χ4n) is 1.72. The summed E-state index contributed by atoms with van der Waals surface area (Å²) in [6.45, 7) is 11.0. The van der Waals surface area contributed by atoms with E-state index in [4.69, 9.17) is 5.73 Å². The predicted molar refractivity (Wildman–Crippen MR) is 71.7 cm³/mol. The molecule has 1 atom stereocenters. The minimum Gasteiger partial charge on any atom is -0.365 e. The first kappa shape index (κ1) is 12.8. The predicted octanol–water partition coefficient (Wildman–Crippen LogP) is 3.11. The summed E-state index contributed by atoms with van der Waals surface area (Å²) in [7, 11) is 0. The highest BCUT2D eigenvalue weighted by molar-refractivity contribution is 5.49. The second-order valence-electron chi connectivity index (χ2n) is 4.41. The van der Waals surface area contributed by atoms with Gasteiger partial charge in [0.05, 0.1) is 0 Å². The van der Waals surface area contributed by atoms with Crippen molar-refractivity contribution in [1.82, 2.24) is 0 Å². The summed E-state index contributed by atoms with van der Waals surface area (Å²) in [5.74, 6) is 0. The molecule has 88 valence electrons. The van der Waals surface area contributed by atoms with E-state index in [1.807, 2.05) is 13.0 Å². The van der Waals surface area contributed by atoms with Crippen LogP contribution in [0.25, 0.3) is 0 Å². The third-order valence-electron chi connectivity index (χ3n) is 2.70. The van der Waals surface area contributed by atoms with Gasteiger partial charge in [-0.15, -0.1) is 6.58 Å². The van der Waals surface area contributed by atoms with Crippen LogP contribution in [0.3, 0.4) is 0 Å². The Hall–Kier alpha value is -1.28. The summed E-state index contributed by atoms with van der Waals surface area (Å²) in [6, 6.07) is 9.02. The fourth-order valence-corrected chi connectivity index (χ4v) is 1.72. The number of nitrogens with two attached hydrogens (primary N) is 1. The van der Waals surface area contributed by atoms with Gasteiger partial charge in [0.25, 0.3) is 0 Å². The molecule has 1 rings (SSSR count). The molecular formula is C14H22N2. The maximum atomic E-state index is 5.83. The lowest BCUT2D eigenvalue weighted by Crippen LogP contribution is -2.30. The second-order valence-corrected chi connectivity index (χ2v) is 4.41. The van der Waals surface area contributed by atoms with Crippen LogP contribution in [0.2, 0.25) is 0 Å². The van der Waals surface area contributed by atoms with Crippen molar-refractivity contribution in [2.75, 3.05) is 11.4 Å². The van der Waals surface area contributed by atoms with E-state index < -0.39 is 0 Å². The normalized spacial score (nSPS) is 12.6. The Bertz CT molecular complexity index is 325. The molecule has 0 aliphatic rings. The Labute approximate surface area is 98.8 Å². The van der Waals surface area contributed by atoms with E-state index in [9.17, 15) is 0 Å². The molecule has 0 heterocycles. The second kappa shape index (κ2) is 5.71. The van der Waals surface area contributed by atoms with Crippen LogP contribution in [0.15, 0.2) is 36.9 Å². The SMILES string of the molecule is C=CCN(c1ccc(C(C)N)cc1)C(C)C. The van der Waals surface area contributed by atoms with Crippen molar-refractivity contribution in [3.05, 3.63) is 42.5 Å². The van der Waals surface area contributed by atoms with Crippen molar-refractivity contribution in [2.45, 2.75) is 32.9 Å². The third kappa shape index (κ3) is 3.11. The van der Waals surface area contributed by atoms with E-state index in [0.717, 1.165) is 6.54 Å². The van der Waals surface area contributed by atoms with Crippen LogP contribution in [0.1, 0.15) is 32.4 Å². The van der Waals surface area contributed by atoms with Gasteiger partial charge in [-0.25, -0.2) is 0 Å². The van der Waals surface area contributed by atoms with Crippen LogP contribution < -0.4 is 10.6 Å². The van der Waals surface area contributed by atoms with E-state index in [1.54, 1.807) is 0 Å². The highest BCUT2D eigenvalue weighted by atomic mass is 15.1. The molecule has 0 aliphatic carbocycles. The standard InChI is InChI=1S/C14H22N2/c1-5-10-16(11(2)3)14-8-6-13(7-9-14)12(4)15/h5-9,11-12H,1,10,15H2,2-4H3. The first-order valence-corrected chi connectivity index (χ1v) is 5.79. The zero-order chi connectivity index (χ0) is 12.1. The van der Waals surface area contributed by atoms with Crippen molar-refractivity contribution in [3.8, 4) is 0 Å². The molecule has 0 saturated carbocycles. The van der Waals surface area contributed by atoms with Crippen LogP contribution in [-0.2, 0) is 0 Å². The van der Waals surface area contributed by atoms with E-state index >= 15 is 0 Å². The monoisotopic (exact) mass is 218 g/mol. The molecule has 16 heavy (non-hydrogen) atoms. The third-order valence-corrected chi connectivity index (χ3v) is 2.70. The maximum absolute atomic E-state index is 5.83. The van der Waals surface area contributed by atoms with Gasteiger partial charge in [-0.3, -0.25) is 0 Å². The Kier molecular flexibility index (Phi) is 4.56. The molecule has 0 saturated heterocycles. The van der Waals surface area contributed by atoms with Gasteiger partial charge in [0, 0.05) is 24.3 Å². The summed E-state index contributed by atoms with van der Waals surface area (Å²) in [4.78, 5) is 2.30. The number of benzene rings is 1. The minimum absolute atomic E-state index is 0.0981. The molecular weight excluding hydrogens is 196 g/mol. The van der Waals surface area contributed by atoms with E-state index in [2.05, 4.69) is 49.6 Å². The smallest absolute Gasteiger partial charge is 0.0371 e. The van der Waals surface area contributed by atoms with Crippen molar-refractivity contribution in [2.24, 2.45) is 5.73 Å². The number of hydrogen-bond acceptors (Lipinski definition) is 2. The molecule has 2 N–H and O–H groups in total. The van der Waals surface area contributed by atoms with Crippen molar-refractivity contribution in [3.63, 3.8) is 0 Å². The quantitative estimate of drug-likeness (QED) is 0.769. The number of rotatable bonds is 5. The molecule has 0 amide bonds. The van der Waals surface area contributed by atoms with Gasteiger partial charge >= 0.3 is 0 Å². The van der Waals surface area contributed by atoms with E-state index in [0.29, 0.717) is 6.04 Å². The topological polar surface area (TPSA) is 29.3 Å². The Morgan fingerprint density at radius 3 is 2.19 bits per heavy atom. The molecule has 2 nitrogen and oxygen atoms in total. The fraction of sp³-hybridized carbons (Fsp3) is 0.429.